The number of halogens is 3. The van der Waals surface area contributed by atoms with E-state index in [1.165, 1.54) is 0 Å². The Balaban J connectivity index is 1.57. The third kappa shape index (κ3) is 5.95. The maximum absolute atomic E-state index is 13.7. The molecule has 0 unspecified atom stereocenters. The zero-order valence-electron chi connectivity index (χ0n) is 22.8. The molecular weight excluding hydrogens is 660 g/mol. The largest absolute Gasteiger partial charge is 0.482 e. The molecule has 0 fully saturated rings. The first-order valence-electron chi connectivity index (χ1n) is 13.2. The van der Waals surface area contributed by atoms with Gasteiger partial charge in [-0.15, -0.1) is 0 Å². The number of amides is 1. The minimum Gasteiger partial charge on any atom is -0.482 e. The molecule has 3 aliphatic rings. The van der Waals surface area contributed by atoms with Crippen molar-refractivity contribution in [1.29, 1.82) is 0 Å². The first-order valence-corrected chi connectivity index (χ1v) is 15.2. The average Bonchev–Trinajstić information content (AvgIpc) is 2.81. The summed E-state index contributed by atoms with van der Waals surface area (Å²) < 4.78 is 7.53. The van der Waals surface area contributed by atoms with E-state index in [1.807, 2.05) is 12.1 Å². The van der Waals surface area contributed by atoms with E-state index in [2.05, 4.69) is 70.2 Å². The van der Waals surface area contributed by atoms with Gasteiger partial charge in [-0.1, -0.05) is 55.2 Å². The number of benzene rings is 2. The Morgan fingerprint density at radius 1 is 0.950 bits per heavy atom. The summed E-state index contributed by atoms with van der Waals surface area (Å²) in [7, 11) is 0. The second-order valence-electron chi connectivity index (χ2n) is 12.4. The lowest BCUT2D eigenvalue weighted by atomic mass is 9.64. The number of dihydropyridines is 1. The lowest BCUT2D eigenvalue weighted by molar-refractivity contribution is -0.120. The molecule has 40 heavy (non-hydrogen) atoms. The van der Waals surface area contributed by atoms with Crippen molar-refractivity contribution >= 4 is 66.6 Å². The number of anilines is 1. The van der Waals surface area contributed by atoms with Crippen LogP contribution >= 0.6 is 43.5 Å². The van der Waals surface area contributed by atoms with Crippen LogP contribution in [0.15, 0.2) is 67.9 Å². The van der Waals surface area contributed by atoms with Gasteiger partial charge in [-0.05, 0) is 76.0 Å². The van der Waals surface area contributed by atoms with E-state index < -0.39 is 5.92 Å². The molecule has 1 aliphatic heterocycles. The fourth-order valence-electron chi connectivity index (χ4n) is 6.01. The molecule has 2 aromatic carbocycles. The third-order valence-electron chi connectivity index (χ3n) is 7.54. The lowest BCUT2D eigenvalue weighted by Crippen LogP contribution is -2.42. The van der Waals surface area contributed by atoms with Crippen LogP contribution in [0.4, 0.5) is 5.69 Å². The van der Waals surface area contributed by atoms with Crippen molar-refractivity contribution in [2.24, 2.45) is 10.8 Å². The van der Waals surface area contributed by atoms with Crippen LogP contribution in [0.25, 0.3) is 0 Å². The van der Waals surface area contributed by atoms with E-state index >= 15 is 0 Å². The number of rotatable bonds is 5. The highest BCUT2D eigenvalue weighted by Crippen LogP contribution is 2.53. The maximum Gasteiger partial charge on any atom is 0.262 e. The van der Waals surface area contributed by atoms with Crippen molar-refractivity contribution in [3.63, 3.8) is 0 Å². The van der Waals surface area contributed by atoms with Crippen molar-refractivity contribution in [2.75, 3.05) is 11.9 Å². The predicted octanol–water partition coefficient (Wildman–Crippen LogP) is 7.86. The molecule has 0 aromatic heterocycles. The van der Waals surface area contributed by atoms with Gasteiger partial charge in [-0.3, -0.25) is 14.4 Å². The highest BCUT2D eigenvalue weighted by molar-refractivity contribution is 9.11. The second-order valence-corrected chi connectivity index (χ2v) is 14.6. The van der Waals surface area contributed by atoms with Crippen molar-refractivity contribution in [2.45, 2.75) is 59.3 Å². The normalized spacial score (nSPS) is 20.1. The monoisotopic (exact) mass is 688 g/mol. The number of ketones is 2. The van der Waals surface area contributed by atoms with Gasteiger partial charge in [0.1, 0.15) is 5.75 Å². The fraction of sp³-hybridized carbons (Fsp3) is 0.387. The molecule has 0 radical (unpaired) electrons. The van der Waals surface area contributed by atoms with Crippen LogP contribution in [0, 0.1) is 10.8 Å². The molecule has 2 N–H and O–H groups in total. The molecule has 1 heterocycles. The van der Waals surface area contributed by atoms with Crippen LogP contribution < -0.4 is 15.4 Å². The quantitative estimate of drug-likeness (QED) is 0.334. The predicted molar refractivity (Wildman–Crippen MR) is 163 cm³/mol. The topological polar surface area (TPSA) is 84.5 Å². The molecular formula is C31H31Br2ClN2O4. The SMILES string of the molecule is CC1(C)CC(=O)C2=C(C1)NC1=C(C(=O)CC(C)(C)C1)C2c1cc(Br)cc(Br)c1OCC(=O)Nc1ccc(Cl)cc1. The van der Waals surface area contributed by atoms with Gasteiger partial charge in [-0.2, -0.15) is 0 Å². The smallest absolute Gasteiger partial charge is 0.262 e. The Hall–Kier alpha value is -2.42. The molecule has 2 aromatic rings. The standard InChI is InChI=1S/C31H31Br2ClN2O4/c1-30(2)11-21-27(23(37)13-30)26(28-22(36-21)12-31(3,4)14-24(28)38)19-9-16(32)10-20(33)29(19)40-15-25(39)35-18-7-5-17(34)6-8-18/h5-10,26,36H,11-15H2,1-4H3,(H,35,39). The van der Waals surface area contributed by atoms with Crippen LogP contribution in [-0.2, 0) is 14.4 Å². The minimum atomic E-state index is -0.596. The first-order chi connectivity index (χ1) is 18.7. The highest BCUT2D eigenvalue weighted by Gasteiger charge is 2.47. The number of allylic oxidation sites excluding steroid dienone is 4. The van der Waals surface area contributed by atoms with Crippen LogP contribution in [0.3, 0.4) is 0 Å². The van der Waals surface area contributed by atoms with Crippen molar-refractivity contribution in [1.82, 2.24) is 5.32 Å². The molecule has 0 saturated carbocycles. The van der Waals surface area contributed by atoms with Gasteiger partial charge >= 0.3 is 0 Å². The van der Waals surface area contributed by atoms with Crippen LogP contribution in [0.5, 0.6) is 5.75 Å². The van der Waals surface area contributed by atoms with Crippen molar-refractivity contribution in [3.05, 3.63) is 78.5 Å². The third-order valence-corrected chi connectivity index (χ3v) is 8.84. The summed E-state index contributed by atoms with van der Waals surface area (Å²) in [5.74, 6) is -0.470. The first kappa shape index (κ1) is 29.1. The summed E-state index contributed by atoms with van der Waals surface area (Å²) in [5.41, 5.74) is 3.85. The summed E-state index contributed by atoms with van der Waals surface area (Å²) in [6.45, 7) is 8.10. The number of hydrogen-bond acceptors (Lipinski definition) is 5. The van der Waals surface area contributed by atoms with Gasteiger partial charge in [0.15, 0.2) is 18.2 Å². The molecule has 0 saturated heterocycles. The number of carbonyl (C=O) groups excluding carboxylic acids is 3. The zero-order valence-corrected chi connectivity index (χ0v) is 26.8. The summed E-state index contributed by atoms with van der Waals surface area (Å²) in [6.07, 6.45) is 2.18. The van der Waals surface area contributed by atoms with E-state index in [9.17, 15) is 14.4 Å². The van der Waals surface area contributed by atoms with Gasteiger partial charge in [0.05, 0.1) is 4.47 Å². The molecule has 2 aliphatic carbocycles. The molecule has 210 valence electrons. The fourth-order valence-corrected chi connectivity index (χ4v) is 7.51. The van der Waals surface area contributed by atoms with Crippen molar-refractivity contribution in [3.8, 4) is 5.75 Å². The Kier molecular flexibility index (Phi) is 7.83. The van der Waals surface area contributed by atoms with Crippen LogP contribution in [0.1, 0.15) is 64.9 Å². The molecule has 0 bridgehead atoms. The molecule has 0 atom stereocenters. The summed E-state index contributed by atoms with van der Waals surface area (Å²) in [6, 6.07) is 10.5. The zero-order chi connectivity index (χ0) is 29.0. The van der Waals surface area contributed by atoms with Gasteiger partial charge in [0, 0.05) is 62.0 Å². The Morgan fingerprint density at radius 2 is 1.50 bits per heavy atom. The second kappa shape index (κ2) is 10.8. The number of hydrogen-bond donors (Lipinski definition) is 2. The van der Waals surface area contributed by atoms with Crippen LogP contribution in [-0.4, -0.2) is 24.1 Å². The van der Waals surface area contributed by atoms with E-state index in [0.29, 0.717) is 63.3 Å². The molecule has 5 rings (SSSR count). The van der Waals surface area contributed by atoms with Crippen LogP contribution in [0.2, 0.25) is 5.02 Å². The lowest BCUT2D eigenvalue weighted by Gasteiger charge is -2.44. The van der Waals surface area contributed by atoms with Crippen molar-refractivity contribution < 1.29 is 19.1 Å². The number of carbonyl (C=O) groups is 3. The number of nitrogens with one attached hydrogen (secondary N) is 2. The van der Waals surface area contributed by atoms with Gasteiger partial charge in [0.2, 0.25) is 0 Å². The number of Topliss-reactive ketones (excluding diaryl/α,β-unsaturated/α-hetero) is 2. The van der Waals surface area contributed by atoms with Gasteiger partial charge < -0.3 is 15.4 Å². The average molecular weight is 691 g/mol. The molecule has 6 nitrogen and oxygen atoms in total. The number of ether oxygens (including phenoxy) is 1. The highest BCUT2D eigenvalue weighted by atomic mass is 79.9. The van der Waals surface area contributed by atoms with E-state index in [-0.39, 0.29) is 34.9 Å². The Bertz CT molecular complexity index is 1440. The van der Waals surface area contributed by atoms with E-state index in [4.69, 9.17) is 16.3 Å². The van der Waals surface area contributed by atoms with Gasteiger partial charge in [-0.25, -0.2) is 0 Å². The molecule has 0 spiro atoms. The minimum absolute atomic E-state index is 0.0236. The summed E-state index contributed by atoms with van der Waals surface area (Å²) >= 11 is 13.2. The summed E-state index contributed by atoms with van der Waals surface area (Å²) in [4.78, 5) is 40.3. The maximum atomic E-state index is 13.7. The van der Waals surface area contributed by atoms with E-state index in [0.717, 1.165) is 15.9 Å². The summed E-state index contributed by atoms with van der Waals surface area (Å²) in [5, 5.41) is 6.92. The van der Waals surface area contributed by atoms with Gasteiger partial charge in [0.25, 0.3) is 5.91 Å². The Morgan fingerprint density at radius 3 is 2.05 bits per heavy atom. The molecule has 9 heteroatoms. The molecule has 1 amide bonds. The van der Waals surface area contributed by atoms with E-state index in [1.54, 1.807) is 24.3 Å². The Labute approximate surface area is 256 Å².